The zero-order chi connectivity index (χ0) is 14.0. The Morgan fingerprint density at radius 1 is 1.37 bits per heavy atom. The minimum Gasteiger partial charge on any atom is -0.369 e. The molecule has 3 heteroatoms. The van der Waals surface area contributed by atoms with Crippen LogP contribution in [-0.4, -0.2) is 13.1 Å². The molecule has 0 saturated carbocycles. The lowest BCUT2D eigenvalue weighted by molar-refractivity contribution is 0.237. The third-order valence-electron chi connectivity index (χ3n) is 4.66. The van der Waals surface area contributed by atoms with E-state index < -0.39 is 0 Å². The van der Waals surface area contributed by atoms with Crippen molar-refractivity contribution >= 4 is 5.69 Å². The number of halogens is 1. The molecule has 0 spiro atoms. The monoisotopic (exact) mass is 264 g/mol. The van der Waals surface area contributed by atoms with Gasteiger partial charge in [0.25, 0.3) is 0 Å². The molecule has 1 aliphatic heterocycles. The lowest BCUT2D eigenvalue weighted by Crippen LogP contribution is -2.38. The second-order valence-corrected chi connectivity index (χ2v) is 6.15. The molecule has 0 bridgehead atoms. The molecule has 19 heavy (non-hydrogen) atoms. The van der Waals surface area contributed by atoms with Gasteiger partial charge in [0.1, 0.15) is 5.82 Å². The SMILES string of the molecule is CCC1(C)CCN(c2ccc([C@H](C)N)cc2F)CC1. The molecule has 1 heterocycles. The summed E-state index contributed by atoms with van der Waals surface area (Å²) >= 11 is 0. The Kier molecular flexibility index (Phi) is 4.14. The molecule has 2 rings (SSSR count). The largest absolute Gasteiger partial charge is 0.369 e. The molecular weight excluding hydrogens is 239 g/mol. The summed E-state index contributed by atoms with van der Waals surface area (Å²) in [7, 11) is 0. The Hall–Kier alpha value is -1.09. The van der Waals surface area contributed by atoms with Crippen molar-refractivity contribution in [3.8, 4) is 0 Å². The van der Waals surface area contributed by atoms with E-state index in [0.29, 0.717) is 5.41 Å². The van der Waals surface area contributed by atoms with Gasteiger partial charge in [-0.25, -0.2) is 4.39 Å². The highest BCUT2D eigenvalue weighted by Crippen LogP contribution is 2.36. The Morgan fingerprint density at radius 2 is 2.00 bits per heavy atom. The molecule has 1 fully saturated rings. The first kappa shape index (κ1) is 14.3. The molecule has 0 aromatic heterocycles. The van der Waals surface area contributed by atoms with E-state index in [1.807, 2.05) is 19.1 Å². The van der Waals surface area contributed by atoms with Gasteiger partial charge in [-0.15, -0.1) is 0 Å². The van der Waals surface area contributed by atoms with Gasteiger partial charge in [0, 0.05) is 19.1 Å². The number of nitrogens with two attached hydrogens (primary N) is 1. The number of nitrogens with zero attached hydrogens (tertiary/aromatic N) is 1. The van der Waals surface area contributed by atoms with Crippen molar-refractivity contribution in [2.75, 3.05) is 18.0 Å². The molecule has 2 N–H and O–H groups in total. The van der Waals surface area contributed by atoms with Gasteiger partial charge in [-0.1, -0.05) is 26.3 Å². The van der Waals surface area contributed by atoms with Gasteiger partial charge in [-0.3, -0.25) is 0 Å². The first-order chi connectivity index (χ1) is 8.95. The number of hydrogen-bond donors (Lipinski definition) is 1. The highest BCUT2D eigenvalue weighted by atomic mass is 19.1. The van der Waals surface area contributed by atoms with E-state index in [1.165, 1.54) is 6.42 Å². The summed E-state index contributed by atoms with van der Waals surface area (Å²) in [5.74, 6) is -0.144. The molecule has 106 valence electrons. The minimum atomic E-state index is -0.144. The van der Waals surface area contributed by atoms with Crippen LogP contribution in [0.2, 0.25) is 0 Å². The van der Waals surface area contributed by atoms with Gasteiger partial charge >= 0.3 is 0 Å². The molecule has 0 aliphatic carbocycles. The molecule has 1 aliphatic rings. The van der Waals surface area contributed by atoms with Gasteiger partial charge in [0.15, 0.2) is 0 Å². The number of rotatable bonds is 3. The molecule has 1 aromatic rings. The number of hydrogen-bond acceptors (Lipinski definition) is 2. The molecule has 0 radical (unpaired) electrons. The first-order valence-electron chi connectivity index (χ1n) is 7.25. The first-order valence-corrected chi connectivity index (χ1v) is 7.25. The maximum atomic E-state index is 14.2. The fourth-order valence-corrected chi connectivity index (χ4v) is 2.70. The van der Waals surface area contributed by atoms with E-state index in [1.54, 1.807) is 6.07 Å². The lowest BCUT2D eigenvalue weighted by Gasteiger charge is -2.40. The van der Waals surface area contributed by atoms with Gasteiger partial charge in [0.2, 0.25) is 0 Å². The van der Waals surface area contributed by atoms with Gasteiger partial charge < -0.3 is 10.6 Å². The molecule has 0 unspecified atom stereocenters. The molecule has 1 aromatic carbocycles. The van der Waals surface area contributed by atoms with Crippen molar-refractivity contribution in [1.82, 2.24) is 0 Å². The van der Waals surface area contributed by atoms with Crippen LogP contribution in [0, 0.1) is 11.2 Å². The predicted octanol–water partition coefficient (Wildman–Crippen LogP) is 3.86. The van der Waals surface area contributed by atoms with E-state index in [2.05, 4.69) is 18.7 Å². The van der Waals surface area contributed by atoms with E-state index in [-0.39, 0.29) is 11.9 Å². The summed E-state index contributed by atoms with van der Waals surface area (Å²) in [4.78, 5) is 2.16. The summed E-state index contributed by atoms with van der Waals surface area (Å²) in [5, 5.41) is 0. The van der Waals surface area contributed by atoms with E-state index >= 15 is 0 Å². The molecule has 2 nitrogen and oxygen atoms in total. The average Bonchev–Trinajstić information content (AvgIpc) is 2.40. The van der Waals surface area contributed by atoms with Crippen molar-refractivity contribution in [1.29, 1.82) is 0 Å². The van der Waals surface area contributed by atoms with Crippen molar-refractivity contribution in [3.63, 3.8) is 0 Å². The topological polar surface area (TPSA) is 29.3 Å². The third-order valence-corrected chi connectivity index (χ3v) is 4.66. The normalized spacial score (nSPS) is 20.4. The van der Waals surface area contributed by atoms with Crippen LogP contribution in [0.25, 0.3) is 0 Å². The average molecular weight is 264 g/mol. The van der Waals surface area contributed by atoms with Gasteiger partial charge in [-0.05, 0) is 42.9 Å². The van der Waals surface area contributed by atoms with E-state index in [4.69, 9.17) is 5.73 Å². The fourth-order valence-electron chi connectivity index (χ4n) is 2.70. The standard InChI is InChI=1S/C16H25FN2/c1-4-16(3)7-9-19(10-8-16)15-6-5-13(12(2)18)11-14(15)17/h5-6,11-12H,4,7-10,18H2,1-3H3/t12-/m0/s1. The van der Waals surface area contributed by atoms with Crippen molar-refractivity contribution < 1.29 is 4.39 Å². The van der Waals surface area contributed by atoms with Crippen LogP contribution < -0.4 is 10.6 Å². The van der Waals surface area contributed by atoms with Gasteiger partial charge in [0.05, 0.1) is 5.69 Å². The summed E-state index contributed by atoms with van der Waals surface area (Å²) in [6, 6.07) is 5.28. The van der Waals surface area contributed by atoms with Crippen LogP contribution in [0.5, 0.6) is 0 Å². The Morgan fingerprint density at radius 3 is 2.47 bits per heavy atom. The summed E-state index contributed by atoms with van der Waals surface area (Å²) in [5.41, 5.74) is 7.80. The quantitative estimate of drug-likeness (QED) is 0.898. The van der Waals surface area contributed by atoms with E-state index in [0.717, 1.165) is 37.2 Å². The minimum absolute atomic E-state index is 0.117. The van der Waals surface area contributed by atoms with Crippen LogP contribution in [0.1, 0.15) is 51.6 Å². The Balaban J connectivity index is 2.12. The second-order valence-electron chi connectivity index (χ2n) is 6.15. The van der Waals surface area contributed by atoms with Gasteiger partial charge in [-0.2, -0.15) is 0 Å². The lowest BCUT2D eigenvalue weighted by atomic mass is 9.78. The molecule has 1 atom stereocenters. The van der Waals surface area contributed by atoms with Crippen LogP contribution in [0.3, 0.4) is 0 Å². The summed E-state index contributed by atoms with van der Waals surface area (Å²) in [6.07, 6.45) is 3.48. The Bertz CT molecular complexity index is 434. The maximum Gasteiger partial charge on any atom is 0.146 e. The number of benzene rings is 1. The Labute approximate surface area is 115 Å². The van der Waals surface area contributed by atoms with Crippen LogP contribution in [0.4, 0.5) is 10.1 Å². The molecular formula is C16H25FN2. The van der Waals surface area contributed by atoms with Crippen LogP contribution >= 0.6 is 0 Å². The van der Waals surface area contributed by atoms with Crippen LogP contribution in [-0.2, 0) is 0 Å². The van der Waals surface area contributed by atoms with Crippen molar-refractivity contribution in [2.45, 2.75) is 46.1 Å². The number of piperidine rings is 1. The maximum absolute atomic E-state index is 14.2. The van der Waals surface area contributed by atoms with E-state index in [9.17, 15) is 4.39 Å². The highest BCUT2D eigenvalue weighted by molar-refractivity contribution is 5.50. The fraction of sp³-hybridized carbons (Fsp3) is 0.625. The third kappa shape index (κ3) is 3.08. The predicted molar refractivity (Wildman–Crippen MR) is 78.8 cm³/mol. The summed E-state index contributed by atoms with van der Waals surface area (Å²) < 4.78 is 14.2. The second kappa shape index (κ2) is 5.49. The zero-order valence-corrected chi connectivity index (χ0v) is 12.2. The van der Waals surface area contributed by atoms with Crippen LogP contribution in [0.15, 0.2) is 18.2 Å². The van der Waals surface area contributed by atoms with Crippen molar-refractivity contribution in [3.05, 3.63) is 29.6 Å². The van der Waals surface area contributed by atoms with Crippen molar-refractivity contribution in [2.24, 2.45) is 11.1 Å². The summed E-state index contributed by atoms with van der Waals surface area (Å²) in [6.45, 7) is 8.34. The zero-order valence-electron chi connectivity index (χ0n) is 12.2. The molecule has 0 amide bonds. The molecule has 1 saturated heterocycles. The number of anilines is 1. The highest BCUT2D eigenvalue weighted by Gasteiger charge is 2.29. The smallest absolute Gasteiger partial charge is 0.146 e.